The van der Waals surface area contributed by atoms with Gasteiger partial charge in [0.25, 0.3) is 0 Å². The van der Waals surface area contributed by atoms with E-state index in [-0.39, 0.29) is 11.4 Å². The highest BCUT2D eigenvalue weighted by Crippen LogP contribution is 2.16. The molecule has 100 valence electrons. The number of aromatic amines is 1. The third-order valence-electron chi connectivity index (χ3n) is 2.28. The van der Waals surface area contributed by atoms with Gasteiger partial charge in [-0.1, -0.05) is 39.8 Å². The lowest BCUT2D eigenvalue weighted by molar-refractivity contribution is -0.133. The molecule has 2 N–H and O–H groups in total. The van der Waals surface area contributed by atoms with Crippen LogP contribution in [0.2, 0.25) is 0 Å². The fraction of sp³-hybridized carbons (Fsp3) is 0.182. The van der Waals surface area contributed by atoms with Crippen LogP contribution in [0.3, 0.4) is 0 Å². The summed E-state index contributed by atoms with van der Waals surface area (Å²) in [5, 5.41) is 15.2. The molecule has 1 aromatic heterocycles. The number of nitrogens with one attached hydrogen (secondary N) is 1. The van der Waals surface area contributed by atoms with E-state index >= 15 is 0 Å². The van der Waals surface area contributed by atoms with Crippen LogP contribution in [0.15, 0.2) is 38.7 Å². The molecule has 1 heterocycles. The Hall–Kier alpha value is -1.54. The Balaban J connectivity index is 2.22. The zero-order chi connectivity index (χ0) is 13.8. The first-order chi connectivity index (χ1) is 9.06. The summed E-state index contributed by atoms with van der Waals surface area (Å²) in [5.74, 6) is -1.09. The first-order valence-corrected chi connectivity index (χ1v) is 7.08. The van der Waals surface area contributed by atoms with Gasteiger partial charge in [-0.05, 0) is 17.7 Å². The summed E-state index contributed by atoms with van der Waals surface area (Å²) in [6.45, 7) is 0.344. The molecule has 0 aliphatic heterocycles. The van der Waals surface area contributed by atoms with Crippen molar-refractivity contribution in [3.05, 3.63) is 44.8 Å². The number of halogens is 1. The van der Waals surface area contributed by atoms with Gasteiger partial charge in [-0.3, -0.25) is 9.36 Å². The number of aliphatic carboxylic acids is 1. The van der Waals surface area contributed by atoms with E-state index in [2.05, 4.69) is 26.1 Å². The van der Waals surface area contributed by atoms with Crippen molar-refractivity contribution >= 4 is 33.7 Å². The average Bonchev–Trinajstić information content (AvgIpc) is 2.68. The van der Waals surface area contributed by atoms with Crippen molar-refractivity contribution in [2.45, 2.75) is 11.7 Å². The summed E-state index contributed by atoms with van der Waals surface area (Å²) >= 11 is 4.37. The van der Waals surface area contributed by atoms with E-state index in [1.807, 2.05) is 24.3 Å². The molecule has 0 spiro atoms. The molecule has 0 fully saturated rings. The molecular formula is C11H10BrN3O3S. The molecule has 0 aliphatic carbocycles. The predicted molar refractivity (Wildman–Crippen MR) is 74.5 cm³/mol. The summed E-state index contributed by atoms with van der Waals surface area (Å²) < 4.78 is 2.33. The molecule has 2 aromatic rings. The number of rotatable bonds is 5. The number of aromatic nitrogens is 3. The summed E-state index contributed by atoms with van der Waals surface area (Å²) in [5.41, 5.74) is 0.572. The van der Waals surface area contributed by atoms with Crippen LogP contribution in [0.4, 0.5) is 0 Å². The summed E-state index contributed by atoms with van der Waals surface area (Å²) in [4.78, 5) is 22.2. The van der Waals surface area contributed by atoms with Crippen molar-refractivity contribution in [3.63, 3.8) is 0 Å². The molecule has 0 saturated carbocycles. The van der Waals surface area contributed by atoms with Gasteiger partial charge >= 0.3 is 11.7 Å². The van der Waals surface area contributed by atoms with Crippen LogP contribution in [0, 0.1) is 0 Å². The first kappa shape index (κ1) is 13.9. The molecule has 6 nitrogen and oxygen atoms in total. The van der Waals surface area contributed by atoms with E-state index in [0.29, 0.717) is 11.7 Å². The van der Waals surface area contributed by atoms with Gasteiger partial charge in [-0.25, -0.2) is 9.89 Å². The lowest BCUT2D eigenvalue weighted by atomic mass is 10.2. The Morgan fingerprint density at radius 2 is 2.32 bits per heavy atom. The fourth-order valence-electron chi connectivity index (χ4n) is 1.50. The SMILES string of the molecule is O=C(O)CSc1n[nH]c(=O)n1Cc1cccc(Br)c1. The Morgan fingerprint density at radius 3 is 3.00 bits per heavy atom. The van der Waals surface area contributed by atoms with Crippen molar-refractivity contribution in [2.75, 3.05) is 5.75 Å². The highest BCUT2D eigenvalue weighted by atomic mass is 79.9. The van der Waals surface area contributed by atoms with Crippen LogP contribution in [-0.2, 0) is 11.3 Å². The summed E-state index contributed by atoms with van der Waals surface area (Å²) in [6, 6.07) is 7.54. The number of H-pyrrole nitrogens is 1. The minimum atomic E-state index is -0.950. The van der Waals surface area contributed by atoms with E-state index in [1.165, 1.54) is 4.57 Å². The van der Waals surface area contributed by atoms with Gasteiger partial charge in [0, 0.05) is 4.47 Å². The Morgan fingerprint density at radius 1 is 1.53 bits per heavy atom. The number of carbonyl (C=O) groups is 1. The smallest absolute Gasteiger partial charge is 0.344 e. The second-order valence-electron chi connectivity index (χ2n) is 3.71. The van der Waals surface area contributed by atoms with E-state index in [0.717, 1.165) is 21.8 Å². The third-order valence-corrected chi connectivity index (χ3v) is 3.73. The van der Waals surface area contributed by atoms with Gasteiger partial charge in [0.1, 0.15) is 0 Å². The van der Waals surface area contributed by atoms with E-state index in [1.54, 1.807) is 0 Å². The zero-order valence-corrected chi connectivity index (χ0v) is 12.1. The molecule has 2 rings (SSSR count). The number of thioether (sulfide) groups is 1. The molecule has 0 radical (unpaired) electrons. The first-order valence-electron chi connectivity index (χ1n) is 5.30. The van der Waals surface area contributed by atoms with Gasteiger partial charge in [-0.15, -0.1) is 5.10 Å². The maximum absolute atomic E-state index is 11.6. The second kappa shape index (κ2) is 6.07. The minimum absolute atomic E-state index is 0.136. The lowest BCUT2D eigenvalue weighted by Gasteiger charge is -2.05. The van der Waals surface area contributed by atoms with Crippen molar-refractivity contribution in [2.24, 2.45) is 0 Å². The number of hydrogen-bond acceptors (Lipinski definition) is 4. The Labute approximate surface area is 121 Å². The number of hydrogen-bond donors (Lipinski definition) is 2. The molecule has 8 heteroatoms. The molecule has 0 atom stereocenters. The average molecular weight is 344 g/mol. The Bertz CT molecular complexity index is 653. The second-order valence-corrected chi connectivity index (χ2v) is 5.57. The molecule has 19 heavy (non-hydrogen) atoms. The van der Waals surface area contributed by atoms with Gasteiger partial charge in [0.2, 0.25) is 0 Å². The van der Waals surface area contributed by atoms with Crippen LogP contribution in [0.25, 0.3) is 0 Å². The maximum atomic E-state index is 11.6. The van der Waals surface area contributed by atoms with Crippen molar-refractivity contribution in [3.8, 4) is 0 Å². The van der Waals surface area contributed by atoms with Crippen molar-refractivity contribution in [1.29, 1.82) is 0 Å². The van der Waals surface area contributed by atoms with Gasteiger partial charge < -0.3 is 5.11 Å². The number of benzene rings is 1. The van der Waals surface area contributed by atoms with E-state index in [9.17, 15) is 9.59 Å². The topological polar surface area (TPSA) is 88.0 Å². The quantitative estimate of drug-likeness (QED) is 0.804. The van der Waals surface area contributed by atoms with Crippen LogP contribution >= 0.6 is 27.7 Å². The lowest BCUT2D eigenvalue weighted by Crippen LogP contribution is -2.18. The molecule has 1 aromatic carbocycles. The molecular weight excluding hydrogens is 334 g/mol. The van der Waals surface area contributed by atoms with Gasteiger partial charge in [0.15, 0.2) is 5.16 Å². The molecule has 0 saturated heterocycles. The Kier molecular flexibility index (Phi) is 4.43. The summed E-state index contributed by atoms with van der Waals surface area (Å²) in [6.07, 6.45) is 0. The largest absolute Gasteiger partial charge is 0.481 e. The van der Waals surface area contributed by atoms with Crippen molar-refractivity contribution in [1.82, 2.24) is 14.8 Å². The van der Waals surface area contributed by atoms with Crippen LogP contribution in [0.5, 0.6) is 0 Å². The molecule has 0 aliphatic rings. The van der Waals surface area contributed by atoms with Gasteiger partial charge in [0.05, 0.1) is 12.3 Å². The van der Waals surface area contributed by atoms with Crippen LogP contribution in [-0.4, -0.2) is 31.6 Å². The summed E-state index contributed by atoms with van der Waals surface area (Å²) in [7, 11) is 0. The molecule has 0 amide bonds. The number of nitrogens with zero attached hydrogens (tertiary/aromatic N) is 2. The molecule has 0 bridgehead atoms. The standard InChI is InChI=1S/C11H10BrN3O3S/c12-8-3-1-2-7(4-8)5-15-10(18)13-14-11(15)19-6-9(16)17/h1-4H,5-6H2,(H,13,18)(H,16,17). The predicted octanol–water partition coefficient (Wildman–Crippen LogP) is 1.56. The minimum Gasteiger partial charge on any atom is -0.481 e. The fourth-order valence-corrected chi connectivity index (χ4v) is 2.61. The number of carboxylic acid groups (broad SMARTS) is 1. The van der Waals surface area contributed by atoms with E-state index in [4.69, 9.17) is 5.11 Å². The number of carboxylic acids is 1. The van der Waals surface area contributed by atoms with Crippen molar-refractivity contribution < 1.29 is 9.90 Å². The zero-order valence-electron chi connectivity index (χ0n) is 9.67. The van der Waals surface area contributed by atoms with E-state index < -0.39 is 5.97 Å². The normalized spacial score (nSPS) is 10.6. The highest BCUT2D eigenvalue weighted by Gasteiger charge is 2.11. The van der Waals surface area contributed by atoms with Crippen LogP contribution < -0.4 is 5.69 Å². The van der Waals surface area contributed by atoms with Gasteiger partial charge in [-0.2, -0.15) is 0 Å². The molecule has 0 unspecified atom stereocenters. The monoisotopic (exact) mass is 343 g/mol. The maximum Gasteiger partial charge on any atom is 0.344 e. The van der Waals surface area contributed by atoms with Crippen LogP contribution in [0.1, 0.15) is 5.56 Å². The third kappa shape index (κ3) is 3.71. The highest BCUT2D eigenvalue weighted by molar-refractivity contribution is 9.10.